The van der Waals surface area contributed by atoms with Crippen LogP contribution < -0.4 is 4.74 Å². The molecule has 0 radical (unpaired) electrons. The van der Waals surface area contributed by atoms with Gasteiger partial charge in [0.1, 0.15) is 11.2 Å². The van der Waals surface area contributed by atoms with E-state index in [0.717, 1.165) is 30.6 Å². The number of aliphatic carboxylic acids is 1. The Kier molecular flexibility index (Phi) is 3.45. The third kappa shape index (κ3) is 2.00. The van der Waals surface area contributed by atoms with Crippen molar-refractivity contribution in [3.63, 3.8) is 0 Å². The van der Waals surface area contributed by atoms with Crippen LogP contribution in [0.5, 0.6) is 5.75 Å². The Hall–Kier alpha value is -1.51. The molecule has 1 heterocycles. The molecule has 0 spiro atoms. The zero-order valence-electron chi connectivity index (χ0n) is 12.0. The fraction of sp³-hybridized carbons (Fsp3) is 0.588. The van der Waals surface area contributed by atoms with Crippen LogP contribution in [0.3, 0.4) is 0 Å². The van der Waals surface area contributed by atoms with Crippen molar-refractivity contribution in [1.29, 1.82) is 0 Å². The Morgan fingerprint density at radius 3 is 2.90 bits per heavy atom. The summed E-state index contributed by atoms with van der Waals surface area (Å²) in [5, 5.41) is 10.0. The molecular weight excluding hydrogens is 252 g/mol. The van der Waals surface area contributed by atoms with Crippen molar-refractivity contribution >= 4 is 5.97 Å². The van der Waals surface area contributed by atoms with Gasteiger partial charge in [0.25, 0.3) is 0 Å². The Bertz CT molecular complexity index is 511. The Labute approximate surface area is 120 Å². The highest BCUT2D eigenvalue weighted by atomic mass is 16.5. The molecule has 3 rings (SSSR count). The van der Waals surface area contributed by atoms with Crippen LogP contribution in [0.4, 0.5) is 0 Å². The standard InChI is InChI=1S/C17H22O3/c1-12-5-4-6-13(11-12)17(16(18)19)9-10-20-15-8-3-2-7-14(15)17/h2-3,7-8,12-13H,4-6,9-11H2,1H3,(H,18,19). The fourth-order valence-corrected chi connectivity index (χ4v) is 4.12. The molecule has 3 unspecified atom stereocenters. The average molecular weight is 274 g/mol. The van der Waals surface area contributed by atoms with Crippen molar-refractivity contribution in [3.8, 4) is 5.75 Å². The van der Waals surface area contributed by atoms with E-state index in [1.54, 1.807) is 0 Å². The molecule has 1 aliphatic carbocycles. The number of carbonyl (C=O) groups is 1. The van der Waals surface area contributed by atoms with Crippen LogP contribution in [0.15, 0.2) is 24.3 Å². The molecule has 0 bridgehead atoms. The van der Waals surface area contributed by atoms with Gasteiger partial charge in [-0.1, -0.05) is 38.0 Å². The first-order valence-corrected chi connectivity index (χ1v) is 7.60. The Balaban J connectivity index is 2.07. The van der Waals surface area contributed by atoms with E-state index in [1.165, 1.54) is 6.42 Å². The molecule has 1 aromatic rings. The number of hydrogen-bond acceptors (Lipinski definition) is 2. The minimum atomic E-state index is -0.747. The van der Waals surface area contributed by atoms with Gasteiger partial charge in [0.2, 0.25) is 0 Å². The summed E-state index contributed by atoms with van der Waals surface area (Å²) < 4.78 is 5.68. The first-order valence-electron chi connectivity index (χ1n) is 7.60. The van der Waals surface area contributed by atoms with Crippen molar-refractivity contribution in [3.05, 3.63) is 29.8 Å². The van der Waals surface area contributed by atoms with Gasteiger partial charge in [-0.15, -0.1) is 0 Å². The summed E-state index contributed by atoms with van der Waals surface area (Å²) in [6.45, 7) is 2.75. The Morgan fingerprint density at radius 2 is 2.15 bits per heavy atom. The summed E-state index contributed by atoms with van der Waals surface area (Å²) in [4.78, 5) is 12.2. The highest BCUT2D eigenvalue weighted by Gasteiger charge is 2.51. The molecule has 1 fully saturated rings. The van der Waals surface area contributed by atoms with Gasteiger partial charge in [0, 0.05) is 12.0 Å². The van der Waals surface area contributed by atoms with E-state index < -0.39 is 11.4 Å². The number of fused-ring (bicyclic) bond motifs is 1. The molecule has 3 atom stereocenters. The average Bonchev–Trinajstić information content (AvgIpc) is 2.46. The highest BCUT2D eigenvalue weighted by Crippen LogP contribution is 2.49. The molecule has 1 aromatic carbocycles. The van der Waals surface area contributed by atoms with Crippen LogP contribution in [0.25, 0.3) is 0 Å². The lowest BCUT2D eigenvalue weighted by Gasteiger charge is -2.44. The molecule has 3 nitrogen and oxygen atoms in total. The van der Waals surface area contributed by atoms with Gasteiger partial charge < -0.3 is 9.84 Å². The molecule has 108 valence electrons. The second-order valence-electron chi connectivity index (χ2n) is 6.34. The van der Waals surface area contributed by atoms with E-state index in [4.69, 9.17) is 4.74 Å². The summed E-state index contributed by atoms with van der Waals surface area (Å²) >= 11 is 0. The van der Waals surface area contributed by atoms with E-state index in [9.17, 15) is 9.90 Å². The molecule has 3 heteroatoms. The van der Waals surface area contributed by atoms with Crippen molar-refractivity contribution < 1.29 is 14.6 Å². The largest absolute Gasteiger partial charge is 0.493 e. The number of benzene rings is 1. The minimum Gasteiger partial charge on any atom is -0.493 e. The lowest BCUT2D eigenvalue weighted by molar-refractivity contribution is -0.149. The molecule has 0 aromatic heterocycles. The van der Waals surface area contributed by atoms with Crippen LogP contribution >= 0.6 is 0 Å². The van der Waals surface area contributed by atoms with Gasteiger partial charge in [0.05, 0.1) is 6.61 Å². The second kappa shape index (κ2) is 5.12. The predicted octanol–water partition coefficient (Wildman–Crippen LogP) is 3.62. The van der Waals surface area contributed by atoms with Crippen LogP contribution in [0.2, 0.25) is 0 Å². The van der Waals surface area contributed by atoms with Gasteiger partial charge >= 0.3 is 5.97 Å². The summed E-state index contributed by atoms with van der Waals surface area (Å²) in [5.41, 5.74) is 0.140. The maximum atomic E-state index is 12.2. The normalized spacial score (nSPS) is 33.0. The van der Waals surface area contributed by atoms with E-state index in [2.05, 4.69) is 6.92 Å². The van der Waals surface area contributed by atoms with Gasteiger partial charge in [-0.3, -0.25) is 4.79 Å². The molecule has 20 heavy (non-hydrogen) atoms. The van der Waals surface area contributed by atoms with Crippen LogP contribution in [0, 0.1) is 11.8 Å². The number of hydrogen-bond donors (Lipinski definition) is 1. The lowest BCUT2D eigenvalue weighted by atomic mass is 9.61. The SMILES string of the molecule is CC1CCCC(C2(C(=O)O)CCOc3ccccc32)C1. The van der Waals surface area contributed by atoms with Gasteiger partial charge in [-0.05, 0) is 30.7 Å². The topological polar surface area (TPSA) is 46.5 Å². The van der Waals surface area contributed by atoms with Crippen molar-refractivity contribution in [2.45, 2.75) is 44.4 Å². The summed E-state index contributed by atoms with van der Waals surface area (Å²) in [7, 11) is 0. The van der Waals surface area contributed by atoms with E-state index in [1.807, 2.05) is 24.3 Å². The molecule has 1 aliphatic heterocycles. The number of carboxylic acids is 1. The number of carboxylic acid groups (broad SMARTS) is 1. The molecule has 0 amide bonds. The monoisotopic (exact) mass is 274 g/mol. The lowest BCUT2D eigenvalue weighted by Crippen LogP contribution is -2.48. The van der Waals surface area contributed by atoms with Gasteiger partial charge in [0.15, 0.2) is 0 Å². The molecular formula is C17H22O3. The number of ether oxygens (including phenoxy) is 1. The zero-order valence-corrected chi connectivity index (χ0v) is 12.0. The van der Waals surface area contributed by atoms with Gasteiger partial charge in [-0.2, -0.15) is 0 Å². The van der Waals surface area contributed by atoms with E-state index in [-0.39, 0.29) is 5.92 Å². The van der Waals surface area contributed by atoms with Gasteiger partial charge in [-0.25, -0.2) is 0 Å². The maximum Gasteiger partial charge on any atom is 0.314 e. The third-order valence-electron chi connectivity index (χ3n) is 5.14. The first-order chi connectivity index (χ1) is 9.64. The minimum absolute atomic E-state index is 0.230. The zero-order chi connectivity index (χ0) is 14.2. The first kappa shape index (κ1) is 13.5. The Morgan fingerprint density at radius 1 is 1.35 bits per heavy atom. The van der Waals surface area contributed by atoms with Crippen molar-refractivity contribution in [2.24, 2.45) is 11.8 Å². The summed E-state index contributed by atoms with van der Waals surface area (Å²) in [6.07, 6.45) is 5.00. The molecule has 2 aliphatic rings. The highest BCUT2D eigenvalue weighted by molar-refractivity contribution is 5.83. The van der Waals surface area contributed by atoms with E-state index in [0.29, 0.717) is 18.9 Å². The van der Waals surface area contributed by atoms with Crippen molar-refractivity contribution in [2.75, 3.05) is 6.61 Å². The van der Waals surface area contributed by atoms with Crippen molar-refractivity contribution in [1.82, 2.24) is 0 Å². The quantitative estimate of drug-likeness (QED) is 0.896. The summed E-state index contributed by atoms with van der Waals surface area (Å²) in [6, 6.07) is 7.69. The predicted molar refractivity (Wildman–Crippen MR) is 77.0 cm³/mol. The summed E-state index contributed by atoms with van der Waals surface area (Å²) in [5.74, 6) is 0.945. The third-order valence-corrected chi connectivity index (χ3v) is 5.14. The molecule has 1 N–H and O–H groups in total. The van der Waals surface area contributed by atoms with Crippen LogP contribution in [-0.2, 0) is 10.2 Å². The van der Waals surface area contributed by atoms with Crippen LogP contribution in [-0.4, -0.2) is 17.7 Å². The molecule has 0 saturated heterocycles. The maximum absolute atomic E-state index is 12.2. The smallest absolute Gasteiger partial charge is 0.314 e. The number of para-hydroxylation sites is 1. The van der Waals surface area contributed by atoms with E-state index >= 15 is 0 Å². The number of rotatable bonds is 2. The fourth-order valence-electron chi connectivity index (χ4n) is 4.12. The van der Waals surface area contributed by atoms with Crippen LogP contribution in [0.1, 0.15) is 44.6 Å². The molecule has 1 saturated carbocycles. The second-order valence-corrected chi connectivity index (χ2v) is 6.34.